The van der Waals surface area contributed by atoms with E-state index >= 15 is 0 Å². The second-order valence-corrected chi connectivity index (χ2v) is 12.8. The van der Waals surface area contributed by atoms with Crippen molar-refractivity contribution in [3.05, 3.63) is 23.8 Å². The maximum Gasteiger partial charge on any atom is 0.302 e. The number of carbonyl (C=O) groups excluding carboxylic acids is 1. The Hall–Kier alpha value is -1.05. The van der Waals surface area contributed by atoms with Crippen LogP contribution in [0.25, 0.3) is 0 Å². The van der Waals surface area contributed by atoms with Gasteiger partial charge in [0, 0.05) is 13.3 Å². The van der Waals surface area contributed by atoms with Crippen LogP contribution in [0.1, 0.15) is 99.8 Å². The van der Waals surface area contributed by atoms with E-state index in [1.807, 2.05) is 0 Å². The Morgan fingerprint density at radius 2 is 1.78 bits per heavy atom. The molecule has 180 valence electrons. The summed E-state index contributed by atoms with van der Waals surface area (Å²) in [5.41, 5.74) is 2.44. The Labute approximate surface area is 197 Å². The highest BCUT2D eigenvalue weighted by molar-refractivity contribution is 5.66. The molecule has 4 aliphatic carbocycles. The van der Waals surface area contributed by atoms with Gasteiger partial charge in [0.2, 0.25) is 0 Å². The minimum atomic E-state index is -0.121. The first-order chi connectivity index (χ1) is 15.1. The maximum absolute atomic E-state index is 11.5. The predicted molar refractivity (Wildman–Crippen MR) is 133 cm³/mol. The molecule has 0 aromatic heterocycles. The van der Waals surface area contributed by atoms with Crippen molar-refractivity contribution in [3.63, 3.8) is 0 Å². The van der Waals surface area contributed by atoms with Gasteiger partial charge in [-0.3, -0.25) is 4.79 Å². The number of hydrogen-bond donors (Lipinski definition) is 0. The van der Waals surface area contributed by atoms with Gasteiger partial charge in [-0.15, -0.1) is 0 Å². The van der Waals surface area contributed by atoms with Gasteiger partial charge in [-0.2, -0.15) is 0 Å². The molecule has 3 fully saturated rings. The summed E-state index contributed by atoms with van der Waals surface area (Å²) in [4.78, 5) is 11.5. The second kappa shape index (κ2) is 8.95. The van der Waals surface area contributed by atoms with Gasteiger partial charge in [0.25, 0.3) is 0 Å². The number of esters is 1. The molecule has 0 N–H and O–H groups in total. The summed E-state index contributed by atoms with van der Waals surface area (Å²) in [5.74, 6) is 5.35. The Morgan fingerprint density at radius 1 is 1.03 bits per heavy atom. The zero-order chi connectivity index (χ0) is 23.3. The molecule has 2 nitrogen and oxygen atoms in total. The van der Waals surface area contributed by atoms with Gasteiger partial charge < -0.3 is 4.74 Å². The van der Waals surface area contributed by atoms with Gasteiger partial charge in [-0.25, -0.2) is 0 Å². The molecular formula is C30H48O2. The van der Waals surface area contributed by atoms with Gasteiger partial charge >= 0.3 is 5.97 Å². The van der Waals surface area contributed by atoms with Crippen LogP contribution in [-0.4, -0.2) is 12.1 Å². The molecule has 0 bridgehead atoms. The van der Waals surface area contributed by atoms with E-state index in [4.69, 9.17) is 4.74 Å². The van der Waals surface area contributed by atoms with Crippen molar-refractivity contribution in [2.45, 2.75) is 106 Å². The van der Waals surface area contributed by atoms with E-state index in [-0.39, 0.29) is 12.1 Å². The van der Waals surface area contributed by atoms with Crippen molar-refractivity contribution >= 4 is 5.97 Å². The predicted octanol–water partition coefficient (Wildman–Crippen LogP) is 7.98. The number of carbonyl (C=O) groups is 1. The summed E-state index contributed by atoms with van der Waals surface area (Å²) in [6.45, 7) is 16.3. The van der Waals surface area contributed by atoms with E-state index in [1.54, 1.807) is 12.5 Å². The topological polar surface area (TPSA) is 26.3 Å². The highest BCUT2D eigenvalue weighted by atomic mass is 16.5. The molecule has 4 rings (SSSR count). The molecule has 4 aliphatic rings. The highest BCUT2D eigenvalue weighted by Gasteiger charge is 2.59. The molecule has 3 saturated carbocycles. The van der Waals surface area contributed by atoms with E-state index in [9.17, 15) is 4.79 Å². The van der Waals surface area contributed by atoms with Crippen molar-refractivity contribution in [1.82, 2.24) is 0 Å². The molecule has 0 spiro atoms. The summed E-state index contributed by atoms with van der Waals surface area (Å²) in [7, 11) is 0. The molecule has 0 unspecified atom stereocenters. The summed E-state index contributed by atoms with van der Waals surface area (Å²) in [6, 6.07) is 0. The zero-order valence-corrected chi connectivity index (χ0v) is 21.8. The summed E-state index contributed by atoms with van der Waals surface area (Å²) in [6.07, 6.45) is 17.8. The van der Waals surface area contributed by atoms with Gasteiger partial charge in [0.15, 0.2) is 0 Å². The van der Waals surface area contributed by atoms with Crippen LogP contribution < -0.4 is 0 Å². The van der Waals surface area contributed by atoms with Crippen LogP contribution in [0, 0.1) is 52.3 Å². The molecular weight excluding hydrogens is 392 g/mol. The largest absolute Gasteiger partial charge is 0.462 e. The lowest BCUT2D eigenvalue weighted by molar-refractivity contribution is -0.148. The van der Waals surface area contributed by atoms with E-state index in [2.05, 4.69) is 59.8 Å². The number of fused-ring (bicyclic) bond motifs is 5. The number of rotatable bonds is 5. The monoisotopic (exact) mass is 440 g/mol. The molecule has 0 heterocycles. The van der Waals surface area contributed by atoms with Crippen LogP contribution >= 0.6 is 0 Å². The Kier molecular flexibility index (Phi) is 6.74. The van der Waals surface area contributed by atoms with E-state index < -0.39 is 0 Å². The van der Waals surface area contributed by atoms with Crippen molar-refractivity contribution < 1.29 is 9.53 Å². The first kappa shape index (κ1) is 24.1. The summed E-state index contributed by atoms with van der Waals surface area (Å²) in [5, 5.41) is 0. The maximum atomic E-state index is 11.5. The molecule has 2 heteroatoms. The first-order valence-corrected chi connectivity index (χ1v) is 13.6. The molecule has 0 aromatic rings. The van der Waals surface area contributed by atoms with Crippen LogP contribution in [0.2, 0.25) is 0 Å². The summed E-state index contributed by atoms with van der Waals surface area (Å²) >= 11 is 0. The molecule has 0 amide bonds. The average Bonchev–Trinajstić information content (AvgIpc) is 3.08. The van der Waals surface area contributed by atoms with Crippen LogP contribution in [0.5, 0.6) is 0 Å². The average molecular weight is 441 g/mol. The van der Waals surface area contributed by atoms with Crippen LogP contribution in [0.15, 0.2) is 23.8 Å². The zero-order valence-electron chi connectivity index (χ0n) is 21.8. The third kappa shape index (κ3) is 4.14. The van der Waals surface area contributed by atoms with Gasteiger partial charge in [0.05, 0.1) is 0 Å². The van der Waals surface area contributed by atoms with Crippen molar-refractivity contribution in [1.29, 1.82) is 0 Å². The van der Waals surface area contributed by atoms with E-state index in [0.29, 0.717) is 22.7 Å². The second-order valence-electron chi connectivity index (χ2n) is 12.8. The Morgan fingerprint density at radius 3 is 2.47 bits per heavy atom. The third-order valence-corrected chi connectivity index (χ3v) is 10.9. The molecule has 32 heavy (non-hydrogen) atoms. The lowest BCUT2D eigenvalue weighted by Crippen LogP contribution is -2.51. The fraction of sp³-hybridized carbons (Fsp3) is 0.833. The van der Waals surface area contributed by atoms with Crippen LogP contribution in [0.4, 0.5) is 0 Å². The third-order valence-electron chi connectivity index (χ3n) is 10.9. The SMILES string of the molecule is CC(=O)O[C@H]1CC[C@@]2(C)C(=CC[C@@H]3[C@H]4CC[C@@H]([C@H](C)/C=C/[C@H](C)C(C)C)[C@@]4(C)CC[C@H]32)C1. The molecule has 9 atom stereocenters. The smallest absolute Gasteiger partial charge is 0.302 e. The Balaban J connectivity index is 1.50. The molecule has 0 saturated heterocycles. The molecule has 0 aliphatic heterocycles. The van der Waals surface area contributed by atoms with Crippen LogP contribution in [-0.2, 0) is 9.53 Å². The quantitative estimate of drug-likeness (QED) is 0.320. The van der Waals surface area contributed by atoms with Crippen LogP contribution in [0.3, 0.4) is 0 Å². The van der Waals surface area contributed by atoms with E-state index in [0.717, 1.165) is 42.4 Å². The van der Waals surface area contributed by atoms with Crippen molar-refractivity contribution in [3.8, 4) is 0 Å². The number of hydrogen-bond acceptors (Lipinski definition) is 2. The first-order valence-electron chi connectivity index (χ1n) is 13.6. The Bertz CT molecular complexity index is 763. The van der Waals surface area contributed by atoms with Gasteiger partial charge in [-0.1, -0.05) is 65.3 Å². The standard InChI is InChI=1S/C30H48O2/c1-19(2)20(3)8-9-21(4)26-12-13-27-25-11-10-23-18-24(32-22(5)31)14-16-29(23,6)28(25)15-17-30(26,27)7/h8-10,19-21,24-28H,11-18H2,1-7H3/b9-8+/t20-,21+,24-,25+,26-,27+,28+,29-,30+/m0/s1. The summed E-state index contributed by atoms with van der Waals surface area (Å²) < 4.78 is 5.62. The molecule has 0 radical (unpaired) electrons. The lowest BCUT2D eigenvalue weighted by atomic mass is 9.47. The van der Waals surface area contributed by atoms with Gasteiger partial charge in [-0.05, 0) is 97.2 Å². The van der Waals surface area contributed by atoms with Crippen molar-refractivity contribution in [2.75, 3.05) is 0 Å². The molecule has 0 aromatic carbocycles. The highest BCUT2D eigenvalue weighted by Crippen LogP contribution is 2.67. The minimum absolute atomic E-state index is 0.106. The fourth-order valence-corrected chi connectivity index (χ4v) is 8.57. The lowest BCUT2D eigenvalue weighted by Gasteiger charge is -2.58. The fourth-order valence-electron chi connectivity index (χ4n) is 8.57. The van der Waals surface area contributed by atoms with Crippen molar-refractivity contribution in [2.24, 2.45) is 52.3 Å². The minimum Gasteiger partial charge on any atom is -0.462 e. The normalized spacial score (nSPS) is 43.2. The number of ether oxygens (including phenoxy) is 1. The number of allylic oxidation sites excluding steroid dienone is 3. The van der Waals surface area contributed by atoms with Gasteiger partial charge in [0.1, 0.15) is 6.10 Å². The van der Waals surface area contributed by atoms with E-state index in [1.165, 1.54) is 38.5 Å².